The van der Waals surface area contributed by atoms with E-state index in [1.165, 1.54) is 11.3 Å². The molecule has 1 saturated heterocycles. The zero-order valence-electron chi connectivity index (χ0n) is 28.9. The first-order valence-electron chi connectivity index (χ1n) is 17.3. The lowest BCUT2D eigenvalue weighted by Crippen LogP contribution is -2.34. The number of nitrogens with one attached hydrogen (secondary N) is 2. The van der Waals surface area contributed by atoms with E-state index in [0.717, 1.165) is 54.8 Å². The number of halogens is 2. The van der Waals surface area contributed by atoms with Gasteiger partial charge >= 0.3 is 11.9 Å². The largest absolute Gasteiger partial charge is 0.493 e. The second kappa shape index (κ2) is 17.7. The summed E-state index contributed by atoms with van der Waals surface area (Å²) >= 11 is 14.4. The lowest BCUT2D eigenvalue weighted by atomic mass is 9.98. The molecule has 4 aromatic rings. The Balaban J connectivity index is 1.15. The highest BCUT2D eigenvalue weighted by atomic mass is 35.5. The van der Waals surface area contributed by atoms with Crippen LogP contribution in [0.5, 0.6) is 11.5 Å². The molecule has 2 aromatic heterocycles. The second-order valence-electron chi connectivity index (χ2n) is 13.3. The van der Waals surface area contributed by atoms with Crippen LogP contribution in [0.4, 0.5) is 0 Å². The van der Waals surface area contributed by atoms with E-state index in [1.807, 2.05) is 54.6 Å². The van der Waals surface area contributed by atoms with Crippen LogP contribution >= 0.6 is 34.5 Å². The number of rotatable bonds is 16. The maximum absolute atomic E-state index is 13.7. The van der Waals surface area contributed by atoms with Gasteiger partial charge in [0.1, 0.15) is 27.1 Å². The van der Waals surface area contributed by atoms with Gasteiger partial charge in [0.05, 0.1) is 20.3 Å². The Hall–Kier alpha value is -3.67. The number of benzene rings is 2. The van der Waals surface area contributed by atoms with Gasteiger partial charge in [-0.1, -0.05) is 59.6 Å². The van der Waals surface area contributed by atoms with Crippen LogP contribution < -0.4 is 19.8 Å². The van der Waals surface area contributed by atoms with Crippen molar-refractivity contribution in [3.8, 4) is 11.5 Å². The molecule has 12 heteroatoms. The summed E-state index contributed by atoms with van der Waals surface area (Å²) in [4.78, 5) is 33.6. The van der Waals surface area contributed by atoms with Crippen LogP contribution in [0.3, 0.4) is 0 Å². The van der Waals surface area contributed by atoms with Crippen molar-refractivity contribution in [1.29, 1.82) is 0 Å². The minimum absolute atomic E-state index is 0.241. The van der Waals surface area contributed by atoms with E-state index < -0.39 is 18.1 Å². The summed E-state index contributed by atoms with van der Waals surface area (Å²) in [6.45, 7) is 3.39. The molecule has 3 heterocycles. The number of ether oxygens (including phenoxy) is 4. The molecule has 2 N–H and O–H groups in total. The SMILES string of the molecule is COc1ccc(C(Cc2c(Cl)c[nH+]cc2Cl)OC(=O)c2ccc(CNC(C(=O)OCC3CCN(C)CC3)c3ccccc3)s2)cc1OCC1CC1. The standard InChI is InChI=1S/C39H43Cl2N3O6S/c1-44-16-14-26(15-17-44)24-49-39(46)37(27-6-4-3-5-7-27)43-20-29-11-13-36(51-29)38(45)50-34(19-30-31(40)21-42-22-32(30)41)28-10-12-33(47-2)35(18-28)48-23-25-8-9-25/h3-7,10-13,18,21-22,25-26,34,37,43H,8-9,14-17,19-20,23-24H2,1-2H3/p+1. The zero-order chi connectivity index (χ0) is 35.7. The minimum atomic E-state index is -0.727. The first kappa shape index (κ1) is 37.1. The van der Waals surface area contributed by atoms with E-state index in [2.05, 4.69) is 22.2 Å². The maximum Gasteiger partial charge on any atom is 0.348 e. The lowest BCUT2D eigenvalue weighted by Gasteiger charge is -2.29. The number of thiophene rings is 1. The van der Waals surface area contributed by atoms with Gasteiger partial charge in [-0.3, -0.25) is 5.32 Å². The number of methoxy groups -OCH3 is 1. The molecule has 270 valence electrons. The summed E-state index contributed by atoms with van der Waals surface area (Å²) in [7, 11) is 3.71. The maximum atomic E-state index is 13.7. The molecule has 2 atom stereocenters. The Morgan fingerprint density at radius 1 is 0.922 bits per heavy atom. The third-order valence-corrected chi connectivity index (χ3v) is 11.1. The van der Waals surface area contributed by atoms with Crippen molar-refractivity contribution in [2.24, 2.45) is 11.8 Å². The van der Waals surface area contributed by atoms with Crippen LogP contribution in [-0.2, 0) is 27.2 Å². The number of carbonyl (C=O) groups is 2. The van der Waals surface area contributed by atoms with E-state index in [1.54, 1.807) is 25.6 Å². The Kier molecular flexibility index (Phi) is 12.9. The minimum Gasteiger partial charge on any atom is -0.493 e. The molecule has 1 aliphatic heterocycles. The fraction of sp³-hybridized carbons (Fsp3) is 0.410. The van der Waals surface area contributed by atoms with Crippen molar-refractivity contribution in [3.05, 3.63) is 110 Å². The monoisotopic (exact) mass is 752 g/mol. The van der Waals surface area contributed by atoms with Crippen LogP contribution in [0.15, 0.2) is 73.1 Å². The number of nitrogens with zero attached hydrogens (tertiary/aromatic N) is 1. The predicted molar refractivity (Wildman–Crippen MR) is 198 cm³/mol. The van der Waals surface area contributed by atoms with Gasteiger partial charge < -0.3 is 23.8 Å². The van der Waals surface area contributed by atoms with Gasteiger partial charge in [0, 0.05) is 23.4 Å². The van der Waals surface area contributed by atoms with Crippen LogP contribution in [-0.4, -0.2) is 57.3 Å². The number of aromatic amines is 1. The van der Waals surface area contributed by atoms with Crippen LogP contribution in [0.2, 0.25) is 10.0 Å². The number of carbonyl (C=O) groups excluding carboxylic acids is 2. The molecule has 6 rings (SSSR count). The summed E-state index contributed by atoms with van der Waals surface area (Å²) in [5.74, 6) is 1.30. The van der Waals surface area contributed by atoms with E-state index in [-0.39, 0.29) is 12.4 Å². The van der Waals surface area contributed by atoms with E-state index >= 15 is 0 Å². The smallest absolute Gasteiger partial charge is 0.348 e. The molecule has 0 radical (unpaired) electrons. The van der Waals surface area contributed by atoms with Crippen LogP contribution in [0.25, 0.3) is 0 Å². The van der Waals surface area contributed by atoms with Crippen LogP contribution in [0.1, 0.15) is 69.1 Å². The molecule has 1 saturated carbocycles. The molecule has 0 bridgehead atoms. The Morgan fingerprint density at radius 2 is 1.65 bits per heavy atom. The number of likely N-dealkylation sites (tertiary alicyclic amines) is 1. The van der Waals surface area contributed by atoms with Gasteiger partial charge in [-0.05, 0) is 93.0 Å². The second-order valence-corrected chi connectivity index (χ2v) is 15.2. The highest BCUT2D eigenvalue weighted by molar-refractivity contribution is 7.13. The number of hydrogen-bond donors (Lipinski definition) is 1. The molecule has 51 heavy (non-hydrogen) atoms. The highest BCUT2D eigenvalue weighted by Gasteiger charge is 2.28. The molecule has 9 nitrogen and oxygen atoms in total. The Bertz CT molecular complexity index is 1760. The number of pyridine rings is 1. The molecule has 0 amide bonds. The lowest BCUT2D eigenvalue weighted by molar-refractivity contribution is -0.377. The summed E-state index contributed by atoms with van der Waals surface area (Å²) in [5, 5.41) is 4.24. The predicted octanol–water partition coefficient (Wildman–Crippen LogP) is 7.52. The van der Waals surface area contributed by atoms with E-state index in [4.69, 9.17) is 42.1 Å². The number of hydrogen-bond acceptors (Lipinski definition) is 9. The third-order valence-electron chi connectivity index (χ3n) is 9.38. The Morgan fingerprint density at radius 3 is 2.35 bits per heavy atom. The molecule has 2 aromatic carbocycles. The quantitative estimate of drug-likeness (QED) is 0.117. The first-order chi connectivity index (χ1) is 24.8. The highest BCUT2D eigenvalue weighted by Crippen LogP contribution is 2.37. The van der Waals surface area contributed by atoms with Crippen molar-refractivity contribution in [2.45, 2.75) is 50.8 Å². The van der Waals surface area contributed by atoms with Gasteiger partial charge in [-0.15, -0.1) is 11.3 Å². The van der Waals surface area contributed by atoms with Gasteiger partial charge in [0.25, 0.3) is 0 Å². The van der Waals surface area contributed by atoms with E-state index in [9.17, 15) is 9.59 Å². The topological polar surface area (TPSA) is 100 Å². The van der Waals surface area contributed by atoms with E-state index in [0.29, 0.717) is 63.6 Å². The number of aromatic nitrogens is 1. The fourth-order valence-electron chi connectivity index (χ4n) is 6.05. The van der Waals surface area contributed by atoms with Gasteiger partial charge in [0.2, 0.25) is 0 Å². The summed E-state index contributed by atoms with van der Waals surface area (Å²) in [6.07, 6.45) is 7.13. The first-order valence-corrected chi connectivity index (χ1v) is 18.9. The fourth-order valence-corrected chi connectivity index (χ4v) is 7.42. The average molecular weight is 754 g/mol. The zero-order valence-corrected chi connectivity index (χ0v) is 31.2. The normalized spacial score (nSPS) is 16.3. The molecular formula is C39H44Cl2N3O6S+. The van der Waals surface area contributed by atoms with Gasteiger partial charge in [-0.25, -0.2) is 14.6 Å². The molecule has 2 unspecified atom stereocenters. The van der Waals surface area contributed by atoms with Gasteiger partial charge in [0.15, 0.2) is 23.9 Å². The van der Waals surface area contributed by atoms with Crippen molar-refractivity contribution in [1.82, 2.24) is 10.2 Å². The number of esters is 2. The third kappa shape index (κ3) is 10.2. The van der Waals surface area contributed by atoms with Crippen molar-refractivity contribution in [2.75, 3.05) is 40.5 Å². The average Bonchev–Trinajstić information content (AvgIpc) is 3.86. The number of piperidine rings is 1. The van der Waals surface area contributed by atoms with Crippen molar-refractivity contribution < 1.29 is 33.5 Å². The summed E-state index contributed by atoms with van der Waals surface area (Å²) in [6, 6.07) is 18.0. The number of H-pyrrole nitrogens is 1. The molecular weight excluding hydrogens is 709 g/mol. The van der Waals surface area contributed by atoms with Crippen molar-refractivity contribution in [3.63, 3.8) is 0 Å². The summed E-state index contributed by atoms with van der Waals surface area (Å²) < 4.78 is 23.7. The molecule has 1 aliphatic carbocycles. The molecule has 2 fully saturated rings. The van der Waals surface area contributed by atoms with Crippen molar-refractivity contribution >= 4 is 46.5 Å². The van der Waals surface area contributed by atoms with Crippen LogP contribution in [0, 0.1) is 11.8 Å². The van der Waals surface area contributed by atoms with Gasteiger partial charge in [-0.2, -0.15) is 0 Å². The molecule has 0 spiro atoms. The Labute approximate surface area is 313 Å². The summed E-state index contributed by atoms with van der Waals surface area (Å²) in [5.41, 5.74) is 2.19. The molecule has 2 aliphatic rings.